The molecule has 0 aliphatic carbocycles. The van der Waals surface area contributed by atoms with E-state index in [9.17, 15) is 4.79 Å². The number of hydrogen-bond acceptors (Lipinski definition) is 2. The Labute approximate surface area is 109 Å². The Morgan fingerprint density at radius 3 is 2.67 bits per heavy atom. The molecule has 1 aliphatic rings. The van der Waals surface area contributed by atoms with Crippen molar-refractivity contribution >= 4 is 5.91 Å². The van der Waals surface area contributed by atoms with Crippen molar-refractivity contribution in [1.82, 2.24) is 10.6 Å². The smallest absolute Gasteiger partial charge is 0.220 e. The maximum Gasteiger partial charge on any atom is 0.220 e. The molecule has 1 aromatic carbocycles. The first-order chi connectivity index (χ1) is 8.58. The molecule has 0 aromatic heterocycles. The van der Waals surface area contributed by atoms with E-state index in [1.807, 2.05) is 6.07 Å². The van der Waals surface area contributed by atoms with E-state index in [1.54, 1.807) is 0 Å². The molecule has 2 rings (SSSR count). The van der Waals surface area contributed by atoms with Gasteiger partial charge in [-0.15, -0.1) is 0 Å². The number of carbonyl (C=O) groups is 1. The van der Waals surface area contributed by atoms with Crippen LogP contribution in [-0.4, -0.2) is 25.0 Å². The quantitative estimate of drug-likeness (QED) is 0.832. The molecule has 0 spiro atoms. The third-order valence-electron chi connectivity index (χ3n) is 3.60. The Balaban J connectivity index is 1.80. The van der Waals surface area contributed by atoms with E-state index in [4.69, 9.17) is 0 Å². The highest BCUT2D eigenvalue weighted by molar-refractivity contribution is 5.78. The molecule has 1 aliphatic heterocycles. The van der Waals surface area contributed by atoms with Crippen LogP contribution < -0.4 is 10.6 Å². The van der Waals surface area contributed by atoms with Crippen LogP contribution in [0.5, 0.6) is 0 Å². The molecular formula is C15H22N2O. The summed E-state index contributed by atoms with van der Waals surface area (Å²) in [6.45, 7) is 6.26. The average Bonchev–Trinajstić information content (AvgIpc) is 2.76. The van der Waals surface area contributed by atoms with E-state index in [2.05, 4.69) is 48.7 Å². The zero-order valence-corrected chi connectivity index (χ0v) is 11.2. The molecule has 18 heavy (non-hydrogen) atoms. The van der Waals surface area contributed by atoms with Crippen LogP contribution in [0.1, 0.15) is 32.3 Å². The lowest BCUT2D eigenvalue weighted by Crippen LogP contribution is -2.40. The van der Waals surface area contributed by atoms with Crippen molar-refractivity contribution < 1.29 is 4.79 Å². The molecule has 1 heterocycles. The molecule has 3 heteroatoms. The van der Waals surface area contributed by atoms with Gasteiger partial charge in [0.1, 0.15) is 0 Å². The van der Waals surface area contributed by atoms with E-state index >= 15 is 0 Å². The van der Waals surface area contributed by atoms with Gasteiger partial charge in [0.25, 0.3) is 0 Å². The predicted molar refractivity (Wildman–Crippen MR) is 73.5 cm³/mol. The summed E-state index contributed by atoms with van der Waals surface area (Å²) >= 11 is 0. The highest BCUT2D eigenvalue weighted by atomic mass is 16.1. The largest absolute Gasteiger partial charge is 0.352 e. The fourth-order valence-corrected chi connectivity index (χ4v) is 2.38. The summed E-state index contributed by atoms with van der Waals surface area (Å²) < 4.78 is 0. The second kappa shape index (κ2) is 5.53. The summed E-state index contributed by atoms with van der Waals surface area (Å²) in [5.74, 6) is 0.184. The standard InChI is InChI=1S/C15H22N2O/c1-15(2,12-6-4-3-5-7-12)11-16-10-13-8-9-14(18)17-13/h3-7,13,16H,8-11H2,1-2H3,(H,17,18). The zero-order chi connectivity index (χ0) is 13.0. The minimum absolute atomic E-state index is 0.115. The summed E-state index contributed by atoms with van der Waals surface area (Å²) in [5.41, 5.74) is 1.46. The summed E-state index contributed by atoms with van der Waals surface area (Å²) in [7, 11) is 0. The fourth-order valence-electron chi connectivity index (χ4n) is 2.38. The van der Waals surface area contributed by atoms with Crippen LogP contribution >= 0.6 is 0 Å². The van der Waals surface area contributed by atoms with Crippen molar-refractivity contribution in [3.8, 4) is 0 Å². The molecule has 98 valence electrons. The Hall–Kier alpha value is -1.35. The van der Waals surface area contributed by atoms with Gasteiger partial charge in [-0.25, -0.2) is 0 Å². The Kier molecular flexibility index (Phi) is 4.02. The number of hydrogen-bond donors (Lipinski definition) is 2. The molecule has 1 fully saturated rings. The Morgan fingerprint density at radius 2 is 2.06 bits per heavy atom. The number of amides is 1. The summed E-state index contributed by atoms with van der Waals surface area (Å²) in [4.78, 5) is 11.1. The van der Waals surface area contributed by atoms with Gasteiger partial charge in [0.2, 0.25) is 5.91 Å². The maximum absolute atomic E-state index is 11.1. The summed E-state index contributed by atoms with van der Waals surface area (Å²) in [6.07, 6.45) is 1.63. The van der Waals surface area contributed by atoms with E-state index in [0.717, 1.165) is 19.5 Å². The van der Waals surface area contributed by atoms with Gasteiger partial charge in [0.15, 0.2) is 0 Å². The van der Waals surface area contributed by atoms with Gasteiger partial charge in [-0.2, -0.15) is 0 Å². The highest BCUT2D eigenvalue weighted by Crippen LogP contribution is 2.21. The van der Waals surface area contributed by atoms with E-state index in [-0.39, 0.29) is 11.3 Å². The van der Waals surface area contributed by atoms with Gasteiger partial charge in [-0.1, -0.05) is 44.2 Å². The molecule has 0 bridgehead atoms. The lowest BCUT2D eigenvalue weighted by Gasteiger charge is -2.26. The van der Waals surface area contributed by atoms with Gasteiger partial charge in [-0.05, 0) is 12.0 Å². The monoisotopic (exact) mass is 246 g/mol. The predicted octanol–water partition coefficient (Wildman–Crippen LogP) is 1.83. The molecule has 3 nitrogen and oxygen atoms in total. The molecule has 1 saturated heterocycles. The van der Waals surface area contributed by atoms with Crippen LogP contribution in [0.25, 0.3) is 0 Å². The molecule has 1 amide bonds. The van der Waals surface area contributed by atoms with Crippen molar-refractivity contribution in [3.05, 3.63) is 35.9 Å². The first-order valence-electron chi connectivity index (χ1n) is 6.63. The molecule has 1 unspecified atom stereocenters. The topological polar surface area (TPSA) is 41.1 Å². The summed E-state index contributed by atoms with van der Waals surface area (Å²) in [5, 5.41) is 6.45. The van der Waals surface area contributed by atoms with Crippen molar-refractivity contribution in [2.45, 2.75) is 38.1 Å². The highest BCUT2D eigenvalue weighted by Gasteiger charge is 2.23. The van der Waals surface area contributed by atoms with Crippen molar-refractivity contribution in [1.29, 1.82) is 0 Å². The number of benzene rings is 1. The van der Waals surface area contributed by atoms with Crippen LogP contribution in [-0.2, 0) is 10.2 Å². The van der Waals surface area contributed by atoms with Gasteiger partial charge in [-0.3, -0.25) is 4.79 Å². The van der Waals surface area contributed by atoms with Gasteiger partial charge in [0, 0.05) is 31.0 Å². The molecule has 0 saturated carbocycles. The second-order valence-electron chi connectivity index (χ2n) is 5.68. The number of carbonyl (C=O) groups excluding carboxylic acids is 1. The second-order valence-corrected chi connectivity index (χ2v) is 5.68. The fraction of sp³-hybridized carbons (Fsp3) is 0.533. The van der Waals surface area contributed by atoms with Gasteiger partial charge in [0.05, 0.1) is 0 Å². The SMILES string of the molecule is CC(C)(CNCC1CCC(=O)N1)c1ccccc1. The van der Waals surface area contributed by atoms with Crippen LogP contribution in [0.4, 0.5) is 0 Å². The molecule has 0 radical (unpaired) electrons. The van der Waals surface area contributed by atoms with Crippen LogP contribution in [0.2, 0.25) is 0 Å². The maximum atomic E-state index is 11.1. The van der Waals surface area contributed by atoms with E-state index < -0.39 is 0 Å². The van der Waals surface area contributed by atoms with Crippen LogP contribution in [0.3, 0.4) is 0 Å². The van der Waals surface area contributed by atoms with Crippen molar-refractivity contribution in [2.75, 3.05) is 13.1 Å². The van der Waals surface area contributed by atoms with E-state index in [1.165, 1.54) is 5.56 Å². The van der Waals surface area contributed by atoms with Crippen molar-refractivity contribution in [2.24, 2.45) is 0 Å². The van der Waals surface area contributed by atoms with Gasteiger partial charge < -0.3 is 10.6 Å². The molecule has 1 atom stereocenters. The Morgan fingerprint density at radius 1 is 1.33 bits per heavy atom. The Bertz CT molecular complexity index is 400. The first kappa shape index (κ1) is 13.1. The number of rotatable bonds is 5. The molecule has 2 N–H and O–H groups in total. The average molecular weight is 246 g/mol. The van der Waals surface area contributed by atoms with E-state index in [0.29, 0.717) is 12.5 Å². The lowest BCUT2D eigenvalue weighted by molar-refractivity contribution is -0.119. The zero-order valence-electron chi connectivity index (χ0n) is 11.2. The normalized spacial score (nSPS) is 19.9. The van der Waals surface area contributed by atoms with Crippen molar-refractivity contribution in [3.63, 3.8) is 0 Å². The molecular weight excluding hydrogens is 224 g/mol. The van der Waals surface area contributed by atoms with Crippen LogP contribution in [0.15, 0.2) is 30.3 Å². The first-order valence-corrected chi connectivity index (χ1v) is 6.63. The van der Waals surface area contributed by atoms with Crippen LogP contribution in [0, 0.1) is 0 Å². The molecule has 1 aromatic rings. The van der Waals surface area contributed by atoms with Gasteiger partial charge >= 0.3 is 0 Å². The number of nitrogens with one attached hydrogen (secondary N) is 2. The summed E-state index contributed by atoms with van der Waals surface area (Å²) in [6, 6.07) is 10.8. The minimum Gasteiger partial charge on any atom is -0.352 e. The third kappa shape index (κ3) is 3.33. The minimum atomic E-state index is 0.115. The third-order valence-corrected chi connectivity index (χ3v) is 3.60. The lowest BCUT2D eigenvalue weighted by atomic mass is 9.84.